The summed E-state index contributed by atoms with van der Waals surface area (Å²) in [7, 11) is 0. The van der Waals surface area contributed by atoms with E-state index in [0.717, 1.165) is 11.3 Å². The average molecular weight is 422 g/mol. The number of rotatable bonds is 3. The zero-order chi connectivity index (χ0) is 13.7. The molecule has 0 aliphatic rings. The molecule has 2 aromatic carbocycles. The van der Waals surface area contributed by atoms with Crippen LogP contribution >= 0.6 is 47.2 Å². The van der Waals surface area contributed by atoms with Crippen molar-refractivity contribution in [2.24, 2.45) is 10.7 Å². The molecule has 0 aliphatic heterocycles. The number of hydrogen-bond donors (Lipinski definition) is 2. The van der Waals surface area contributed by atoms with Crippen molar-refractivity contribution in [2.45, 2.75) is 6.54 Å². The van der Waals surface area contributed by atoms with Crippen LogP contribution in [0, 0.1) is 0 Å². The average Bonchev–Trinajstić information content (AvgIpc) is 2.39. The molecule has 0 heterocycles. The van der Waals surface area contributed by atoms with E-state index in [2.05, 4.69) is 10.3 Å². The number of aliphatic imine (C=N–C) groups is 1. The molecule has 0 aliphatic carbocycles. The minimum absolute atomic E-state index is 0. The maximum atomic E-state index is 6.06. The van der Waals surface area contributed by atoms with Crippen LogP contribution in [0.3, 0.4) is 0 Å². The summed E-state index contributed by atoms with van der Waals surface area (Å²) in [6.45, 7) is 0.404. The monoisotopic (exact) mass is 421 g/mol. The number of halogens is 3. The molecule has 2 rings (SSSR count). The molecule has 6 heteroatoms. The van der Waals surface area contributed by atoms with Gasteiger partial charge in [-0.2, -0.15) is 0 Å². The van der Waals surface area contributed by atoms with Gasteiger partial charge in [-0.15, -0.1) is 24.0 Å². The predicted octanol–water partition coefficient (Wildman–Crippen LogP) is 4.54. The topological polar surface area (TPSA) is 50.4 Å². The highest BCUT2D eigenvalue weighted by Gasteiger charge is 2.01. The first kappa shape index (κ1) is 17.1. The van der Waals surface area contributed by atoms with Crippen molar-refractivity contribution in [3.8, 4) is 0 Å². The maximum absolute atomic E-state index is 6.06. The number of nitrogens with two attached hydrogens (primary N) is 1. The minimum atomic E-state index is 0. The minimum Gasteiger partial charge on any atom is -0.370 e. The van der Waals surface area contributed by atoms with E-state index in [0.29, 0.717) is 22.5 Å². The zero-order valence-electron chi connectivity index (χ0n) is 10.5. The Labute approximate surface area is 145 Å². The zero-order valence-corrected chi connectivity index (χ0v) is 14.4. The molecule has 0 radical (unpaired) electrons. The summed E-state index contributed by atoms with van der Waals surface area (Å²) in [5.41, 5.74) is 7.58. The van der Waals surface area contributed by atoms with Crippen LogP contribution in [0.2, 0.25) is 10.0 Å². The van der Waals surface area contributed by atoms with Gasteiger partial charge in [-0.25, -0.2) is 4.99 Å². The van der Waals surface area contributed by atoms with Crippen LogP contribution in [-0.2, 0) is 6.54 Å². The largest absolute Gasteiger partial charge is 0.370 e. The lowest BCUT2D eigenvalue weighted by Gasteiger charge is -2.06. The van der Waals surface area contributed by atoms with E-state index in [-0.39, 0.29) is 24.0 Å². The molecule has 0 fully saturated rings. The Morgan fingerprint density at radius 3 is 2.45 bits per heavy atom. The summed E-state index contributed by atoms with van der Waals surface area (Å²) in [5.74, 6) is 0.345. The predicted molar refractivity (Wildman–Crippen MR) is 97.3 cm³/mol. The van der Waals surface area contributed by atoms with Gasteiger partial charge in [-0.1, -0.05) is 47.5 Å². The number of nitrogens with one attached hydrogen (secondary N) is 1. The molecular weight excluding hydrogens is 408 g/mol. The van der Waals surface area contributed by atoms with Gasteiger partial charge < -0.3 is 11.1 Å². The molecule has 0 aromatic heterocycles. The van der Waals surface area contributed by atoms with Gasteiger partial charge >= 0.3 is 0 Å². The molecule has 0 spiro atoms. The maximum Gasteiger partial charge on any atom is 0.193 e. The van der Waals surface area contributed by atoms with Gasteiger partial charge in [0.2, 0.25) is 0 Å². The van der Waals surface area contributed by atoms with Crippen molar-refractivity contribution in [2.75, 3.05) is 5.32 Å². The van der Waals surface area contributed by atoms with Gasteiger partial charge in [-0.05, 0) is 29.8 Å². The van der Waals surface area contributed by atoms with Gasteiger partial charge in [0.1, 0.15) is 0 Å². The molecule has 0 amide bonds. The fourth-order valence-corrected chi connectivity index (χ4v) is 2.00. The van der Waals surface area contributed by atoms with E-state index < -0.39 is 0 Å². The van der Waals surface area contributed by atoms with E-state index in [1.165, 1.54) is 0 Å². The fraction of sp³-hybridized carbons (Fsp3) is 0.0714. The van der Waals surface area contributed by atoms with Crippen LogP contribution in [0.15, 0.2) is 53.5 Å². The molecule has 3 N–H and O–H groups in total. The first-order valence-electron chi connectivity index (χ1n) is 5.71. The van der Waals surface area contributed by atoms with Gasteiger partial charge in [-0.3, -0.25) is 0 Å². The highest BCUT2D eigenvalue weighted by Crippen LogP contribution is 2.21. The second-order valence-electron chi connectivity index (χ2n) is 3.93. The number of nitrogens with zero attached hydrogens (tertiary/aromatic N) is 1. The van der Waals surface area contributed by atoms with E-state index in [4.69, 9.17) is 28.9 Å². The Morgan fingerprint density at radius 2 is 1.80 bits per heavy atom. The standard InChI is InChI=1S/C14H13Cl2N3.HI/c15-11-7-6-10(13(16)8-11)9-18-14(17)19-12-4-2-1-3-5-12;/h1-8H,9H2,(H3,17,18,19);1H. The Hall–Kier alpha value is -0.980. The molecule has 0 saturated carbocycles. The van der Waals surface area contributed by atoms with E-state index in [9.17, 15) is 0 Å². The quantitative estimate of drug-likeness (QED) is 0.434. The Morgan fingerprint density at radius 1 is 1.10 bits per heavy atom. The summed E-state index contributed by atoms with van der Waals surface area (Å²) in [5, 5.41) is 4.19. The van der Waals surface area contributed by atoms with Crippen molar-refractivity contribution in [3.63, 3.8) is 0 Å². The third-order valence-electron chi connectivity index (χ3n) is 2.48. The van der Waals surface area contributed by atoms with E-state index in [1.807, 2.05) is 36.4 Å². The van der Waals surface area contributed by atoms with Crippen molar-refractivity contribution in [3.05, 3.63) is 64.1 Å². The smallest absolute Gasteiger partial charge is 0.193 e. The summed E-state index contributed by atoms with van der Waals surface area (Å²) in [6, 6.07) is 14.9. The second kappa shape index (κ2) is 8.34. The van der Waals surface area contributed by atoms with Crippen molar-refractivity contribution < 1.29 is 0 Å². The summed E-state index contributed by atoms with van der Waals surface area (Å²) in [6.07, 6.45) is 0. The SMILES string of the molecule is I.NC(=NCc1ccc(Cl)cc1Cl)Nc1ccccc1. The summed E-state index contributed by atoms with van der Waals surface area (Å²) in [4.78, 5) is 4.24. The Kier molecular flexibility index (Phi) is 7.12. The van der Waals surface area contributed by atoms with Crippen molar-refractivity contribution in [1.29, 1.82) is 0 Å². The number of anilines is 1. The van der Waals surface area contributed by atoms with Gasteiger partial charge in [0, 0.05) is 15.7 Å². The highest BCUT2D eigenvalue weighted by molar-refractivity contribution is 14.0. The molecule has 0 atom stereocenters. The first-order valence-corrected chi connectivity index (χ1v) is 6.46. The van der Waals surface area contributed by atoms with Crippen molar-refractivity contribution in [1.82, 2.24) is 0 Å². The van der Waals surface area contributed by atoms with Crippen LogP contribution in [0.4, 0.5) is 5.69 Å². The van der Waals surface area contributed by atoms with Crippen LogP contribution in [0.25, 0.3) is 0 Å². The van der Waals surface area contributed by atoms with Crippen LogP contribution in [-0.4, -0.2) is 5.96 Å². The number of benzene rings is 2. The molecule has 3 nitrogen and oxygen atoms in total. The van der Waals surface area contributed by atoms with E-state index >= 15 is 0 Å². The molecule has 0 saturated heterocycles. The molecule has 20 heavy (non-hydrogen) atoms. The van der Waals surface area contributed by atoms with Gasteiger partial charge in [0.25, 0.3) is 0 Å². The second-order valence-corrected chi connectivity index (χ2v) is 4.77. The number of para-hydroxylation sites is 1. The molecule has 0 unspecified atom stereocenters. The van der Waals surface area contributed by atoms with E-state index in [1.54, 1.807) is 12.1 Å². The highest BCUT2D eigenvalue weighted by atomic mass is 127. The lowest BCUT2D eigenvalue weighted by Crippen LogP contribution is -2.22. The van der Waals surface area contributed by atoms with Crippen LogP contribution in [0.5, 0.6) is 0 Å². The normalized spacial score (nSPS) is 10.8. The number of hydrogen-bond acceptors (Lipinski definition) is 1. The third-order valence-corrected chi connectivity index (χ3v) is 3.07. The lowest BCUT2D eigenvalue weighted by atomic mass is 10.2. The Balaban J connectivity index is 0.00000200. The molecular formula is C14H14Cl2IN3. The fourth-order valence-electron chi connectivity index (χ4n) is 1.53. The summed E-state index contributed by atoms with van der Waals surface area (Å²) >= 11 is 11.9. The first-order chi connectivity index (χ1) is 9.15. The molecule has 2 aromatic rings. The molecule has 0 bridgehead atoms. The van der Waals surface area contributed by atoms with Crippen molar-refractivity contribution >= 4 is 58.8 Å². The number of guanidine groups is 1. The summed E-state index contributed by atoms with van der Waals surface area (Å²) < 4.78 is 0. The van der Waals surface area contributed by atoms with Gasteiger partial charge in [0.05, 0.1) is 6.54 Å². The Bertz CT molecular complexity index is 588. The molecule has 106 valence electrons. The van der Waals surface area contributed by atoms with Crippen LogP contribution < -0.4 is 11.1 Å². The van der Waals surface area contributed by atoms with Gasteiger partial charge in [0.15, 0.2) is 5.96 Å². The lowest BCUT2D eigenvalue weighted by molar-refractivity contribution is 1.06. The third kappa shape index (κ3) is 5.19. The van der Waals surface area contributed by atoms with Crippen LogP contribution in [0.1, 0.15) is 5.56 Å².